The molecule has 0 atom stereocenters. The molecule has 0 aromatic heterocycles. The number of hydrogen-bond donors (Lipinski definition) is 0. The maximum atomic E-state index is 13.8. The molecule has 7 nitrogen and oxygen atoms in total. The number of aryl methyl sites for hydroxylation is 1. The van der Waals surface area contributed by atoms with Gasteiger partial charge in [0.15, 0.2) is 0 Å². The average molecular weight is 565 g/mol. The van der Waals surface area contributed by atoms with Crippen molar-refractivity contribution in [2.45, 2.75) is 18.0 Å². The second kappa shape index (κ2) is 11.9. The third-order valence-corrected chi connectivity index (χ3v) is 12.6. The predicted molar refractivity (Wildman–Crippen MR) is 153 cm³/mol. The first-order chi connectivity index (χ1) is 18.7. The summed E-state index contributed by atoms with van der Waals surface area (Å²) in [4.78, 5) is 25.0. The second-order valence-electron chi connectivity index (χ2n) is 8.99. The van der Waals surface area contributed by atoms with Gasteiger partial charge in [0.05, 0.1) is 0 Å². The molecule has 4 aromatic carbocycles. The van der Waals surface area contributed by atoms with Crippen LogP contribution in [0.4, 0.5) is 0 Å². The zero-order valence-electron chi connectivity index (χ0n) is 21.8. The van der Waals surface area contributed by atoms with E-state index in [1.54, 1.807) is 24.3 Å². The molecule has 39 heavy (non-hydrogen) atoms. The van der Waals surface area contributed by atoms with Crippen LogP contribution in [0.25, 0.3) is 0 Å². The van der Waals surface area contributed by atoms with Crippen molar-refractivity contribution >= 4 is 40.2 Å². The number of methoxy groups -OCH3 is 2. The molecule has 0 bridgehead atoms. The van der Waals surface area contributed by atoms with Crippen molar-refractivity contribution in [3.63, 3.8) is 0 Å². The molecule has 0 aliphatic carbocycles. The summed E-state index contributed by atoms with van der Waals surface area (Å²) in [5.41, 5.74) is 1.72. The Morgan fingerprint density at radius 1 is 0.692 bits per heavy atom. The Balaban J connectivity index is 1.97. The van der Waals surface area contributed by atoms with E-state index in [4.69, 9.17) is 13.4 Å². The molecule has 4 rings (SSSR count). The minimum atomic E-state index is -4.23. The van der Waals surface area contributed by atoms with Gasteiger partial charge in [-0.15, -0.1) is 0 Å². The van der Waals surface area contributed by atoms with E-state index in [9.17, 15) is 18.0 Å². The maximum absolute atomic E-state index is 13.8. The van der Waals surface area contributed by atoms with Crippen molar-refractivity contribution in [1.29, 1.82) is 0 Å². The van der Waals surface area contributed by atoms with Gasteiger partial charge < -0.3 is 0 Å². The van der Waals surface area contributed by atoms with Gasteiger partial charge in [-0.05, 0) is 0 Å². The fraction of sp³-hybridized carbons (Fsp3) is 0.133. The fourth-order valence-corrected chi connectivity index (χ4v) is 10.7. The molecule has 0 aliphatic rings. The quantitative estimate of drug-likeness (QED) is 0.213. The van der Waals surface area contributed by atoms with Crippen molar-refractivity contribution in [3.05, 3.63) is 125 Å². The first-order valence-corrected chi connectivity index (χ1v) is 15.6. The molecule has 0 unspecified atom stereocenters. The van der Waals surface area contributed by atoms with Crippen molar-refractivity contribution in [1.82, 2.24) is 0 Å². The zero-order chi connectivity index (χ0) is 28.0. The van der Waals surface area contributed by atoms with Gasteiger partial charge in [-0.3, -0.25) is 0 Å². The van der Waals surface area contributed by atoms with Crippen LogP contribution in [0.1, 0.15) is 31.8 Å². The van der Waals surface area contributed by atoms with Crippen molar-refractivity contribution in [2.24, 2.45) is 0 Å². The van der Waals surface area contributed by atoms with Crippen molar-refractivity contribution < 1.29 is 31.5 Å². The van der Waals surface area contributed by atoms with Crippen LogP contribution in [0, 0.1) is 6.92 Å². The summed E-state index contributed by atoms with van der Waals surface area (Å²) in [6, 6.07) is 29.4. The molecule has 0 N–H and O–H groups in total. The average Bonchev–Trinajstić information content (AvgIpc) is 2.96. The van der Waals surface area contributed by atoms with Gasteiger partial charge in [-0.1, -0.05) is 0 Å². The van der Waals surface area contributed by atoms with Crippen molar-refractivity contribution in [2.75, 3.05) is 14.2 Å². The van der Waals surface area contributed by atoms with Crippen LogP contribution in [0.3, 0.4) is 0 Å². The summed E-state index contributed by atoms with van der Waals surface area (Å²) in [6.07, 6.45) is 0.0982. The number of benzene rings is 4. The van der Waals surface area contributed by atoms with E-state index in [0.717, 1.165) is 5.56 Å². The normalized spacial score (nSPS) is 12.0. The Morgan fingerprint density at radius 3 is 1.59 bits per heavy atom. The van der Waals surface area contributed by atoms with E-state index < -0.39 is 29.5 Å². The van der Waals surface area contributed by atoms with Crippen LogP contribution >= 0.6 is 7.49 Å². The molecule has 0 spiro atoms. The van der Waals surface area contributed by atoms with Gasteiger partial charge in [-0.25, -0.2) is 0 Å². The van der Waals surface area contributed by atoms with Gasteiger partial charge in [0.2, 0.25) is 0 Å². The van der Waals surface area contributed by atoms with Crippen LogP contribution in [-0.2, 0) is 29.7 Å². The summed E-state index contributed by atoms with van der Waals surface area (Å²) in [5, 5.41) is 1.41. The van der Waals surface area contributed by atoms with Crippen LogP contribution < -0.4 is 10.6 Å². The summed E-state index contributed by atoms with van der Waals surface area (Å²) < 4.78 is 43.8. The molecule has 0 saturated carbocycles. The Labute approximate surface area is 228 Å². The Kier molecular flexibility index (Phi) is 8.60. The van der Waals surface area contributed by atoms with E-state index in [1.807, 2.05) is 67.6 Å². The van der Waals surface area contributed by atoms with E-state index >= 15 is 0 Å². The molecule has 0 aliphatic heterocycles. The summed E-state index contributed by atoms with van der Waals surface area (Å²) in [6.45, 7) is 1.87. The molecule has 0 amide bonds. The SMILES string of the molecule is COC(=O)c1cc(C[PH](OS(=O)(=O)c2ccc(C)cc2)(c2ccccc2)c2ccccc2)cc(C(=O)OC)c1. The van der Waals surface area contributed by atoms with E-state index in [2.05, 4.69) is 0 Å². The first kappa shape index (κ1) is 28.2. The van der Waals surface area contributed by atoms with E-state index in [1.165, 1.54) is 32.4 Å². The molecular weight excluding hydrogens is 535 g/mol. The molecule has 9 heteroatoms. The number of hydrogen-bond acceptors (Lipinski definition) is 7. The third kappa shape index (κ3) is 6.25. The number of ether oxygens (including phenoxy) is 2. The Morgan fingerprint density at radius 2 is 1.15 bits per heavy atom. The summed E-state index contributed by atoms with van der Waals surface area (Å²) in [5.74, 6) is -1.27. The van der Waals surface area contributed by atoms with Gasteiger partial charge in [0, 0.05) is 0 Å². The van der Waals surface area contributed by atoms with Crippen LogP contribution in [0.2, 0.25) is 0 Å². The molecule has 202 valence electrons. The first-order valence-electron chi connectivity index (χ1n) is 12.1. The Bertz CT molecular complexity index is 1500. The summed E-state index contributed by atoms with van der Waals surface area (Å²) in [7, 11) is -5.39. The minimum absolute atomic E-state index is 0.0374. The predicted octanol–water partition coefficient (Wildman–Crippen LogP) is 4.79. The molecule has 0 radical (unpaired) electrons. The topological polar surface area (TPSA) is 96.0 Å². The van der Waals surface area contributed by atoms with Gasteiger partial charge >= 0.3 is 229 Å². The van der Waals surface area contributed by atoms with Crippen LogP contribution in [0.5, 0.6) is 0 Å². The standard InChI is InChI=1S/C30H29O7PS/c1-22-14-16-28(17-15-22)39(33,34)37-38(26-10-6-4-7-11-26,27-12-8-5-9-13-27)21-23-18-24(29(31)35-2)20-25(19-23)30(32)36-3/h4-20,38H,21H2,1-3H3. The third-order valence-electron chi connectivity index (χ3n) is 6.33. The zero-order valence-corrected chi connectivity index (χ0v) is 23.6. The molecular formula is C30H29O7PS. The van der Waals surface area contributed by atoms with E-state index in [-0.39, 0.29) is 22.2 Å². The molecule has 0 heterocycles. The Hall–Kier alpha value is -3.84. The molecule has 0 saturated heterocycles. The number of carbonyl (C=O) groups is 2. The van der Waals surface area contributed by atoms with E-state index in [0.29, 0.717) is 16.2 Å². The van der Waals surface area contributed by atoms with Crippen LogP contribution in [0.15, 0.2) is 108 Å². The van der Waals surface area contributed by atoms with Crippen LogP contribution in [-0.4, -0.2) is 34.6 Å². The summed E-state index contributed by atoms with van der Waals surface area (Å²) >= 11 is 0. The fourth-order valence-electron chi connectivity index (χ4n) is 4.40. The monoisotopic (exact) mass is 564 g/mol. The van der Waals surface area contributed by atoms with Gasteiger partial charge in [-0.2, -0.15) is 0 Å². The van der Waals surface area contributed by atoms with Gasteiger partial charge in [0.1, 0.15) is 0 Å². The number of carbonyl (C=O) groups excluding carboxylic acids is 2. The molecule has 0 fully saturated rings. The number of esters is 2. The second-order valence-corrected chi connectivity index (χ2v) is 14.2. The van der Waals surface area contributed by atoms with Crippen molar-refractivity contribution in [3.8, 4) is 0 Å². The van der Waals surface area contributed by atoms with Gasteiger partial charge in [0.25, 0.3) is 0 Å². The molecule has 4 aromatic rings. The number of rotatable bonds is 9.